The van der Waals surface area contributed by atoms with Crippen molar-refractivity contribution in [3.63, 3.8) is 0 Å². The van der Waals surface area contributed by atoms with E-state index in [-0.39, 0.29) is 0 Å². The van der Waals surface area contributed by atoms with E-state index in [9.17, 15) is 0 Å². The van der Waals surface area contributed by atoms with Crippen LogP contribution >= 0.6 is 0 Å². The van der Waals surface area contributed by atoms with Crippen molar-refractivity contribution in [2.24, 2.45) is 0 Å². The smallest absolute Gasteiger partial charge is 0.223 e. The molecule has 0 amide bonds. The lowest BCUT2D eigenvalue weighted by Gasteiger charge is -2.16. The third-order valence-corrected chi connectivity index (χ3v) is 2.42. The number of nitrogen functional groups attached to an aromatic ring is 1. The number of aliphatic hydroxyl groups is 1. The molecule has 0 aromatic carbocycles. The minimum atomic E-state index is 0.332. The van der Waals surface area contributed by atoms with Crippen molar-refractivity contribution in [3.05, 3.63) is 6.07 Å². The zero-order chi connectivity index (χ0) is 12.0. The molecule has 0 aliphatic carbocycles. The Morgan fingerprint density at radius 2 is 1.94 bits per heavy atom. The fraction of sp³-hybridized carbons (Fsp3) is 0.600. The van der Waals surface area contributed by atoms with Gasteiger partial charge in [-0.25, -0.2) is 0 Å². The molecule has 4 N–H and O–H groups in total. The normalized spacial score (nSPS) is 14.3. The van der Waals surface area contributed by atoms with E-state index in [2.05, 4.69) is 20.2 Å². The van der Waals surface area contributed by atoms with Crippen molar-refractivity contribution in [1.29, 1.82) is 0 Å². The molecule has 1 saturated heterocycles. The molecule has 1 aromatic rings. The van der Waals surface area contributed by atoms with Crippen LogP contribution in [0, 0.1) is 0 Å². The zero-order valence-corrected chi connectivity index (χ0v) is 9.77. The van der Waals surface area contributed by atoms with Gasteiger partial charge in [-0.1, -0.05) is 0 Å². The number of hydrogen-bond acceptors (Lipinski definition) is 6. The molecule has 0 atom stereocenters. The summed E-state index contributed by atoms with van der Waals surface area (Å²) in [6.07, 6.45) is 2.47. The van der Waals surface area contributed by atoms with Crippen molar-refractivity contribution in [3.8, 4) is 0 Å². The Morgan fingerprint density at radius 1 is 1.31 bits per heavy atom. The third-order valence-electron chi connectivity index (χ3n) is 2.42. The molecule has 6 heteroatoms. The summed E-state index contributed by atoms with van der Waals surface area (Å²) in [5.41, 5.74) is 5.61. The highest BCUT2D eigenvalue weighted by molar-refractivity contribution is 5.52. The molecular formula is C10H19N5O. The maximum atomic E-state index is 7.00. The first-order chi connectivity index (χ1) is 7.79. The number of hydrogen-bond donors (Lipinski definition) is 3. The van der Waals surface area contributed by atoms with Gasteiger partial charge in [0.2, 0.25) is 5.95 Å². The molecule has 6 nitrogen and oxygen atoms in total. The van der Waals surface area contributed by atoms with Gasteiger partial charge in [0, 0.05) is 33.3 Å². The number of anilines is 3. The summed E-state index contributed by atoms with van der Waals surface area (Å²) < 4.78 is 0. The van der Waals surface area contributed by atoms with Crippen molar-refractivity contribution >= 4 is 17.6 Å². The maximum Gasteiger partial charge on any atom is 0.223 e. The molecule has 0 saturated carbocycles. The van der Waals surface area contributed by atoms with E-state index in [1.165, 1.54) is 12.8 Å². The van der Waals surface area contributed by atoms with Crippen LogP contribution in [-0.2, 0) is 0 Å². The number of rotatable bonds is 2. The van der Waals surface area contributed by atoms with Crippen molar-refractivity contribution in [2.45, 2.75) is 12.8 Å². The molecular weight excluding hydrogens is 206 g/mol. The topological polar surface area (TPSA) is 87.3 Å². The molecule has 1 fully saturated rings. The molecule has 1 aliphatic heterocycles. The second kappa shape index (κ2) is 6.12. The van der Waals surface area contributed by atoms with Gasteiger partial charge in [-0.3, -0.25) is 0 Å². The van der Waals surface area contributed by atoms with Crippen molar-refractivity contribution in [2.75, 3.05) is 43.2 Å². The maximum absolute atomic E-state index is 7.00. The van der Waals surface area contributed by atoms with Crippen LogP contribution in [0.4, 0.5) is 17.6 Å². The molecule has 0 radical (unpaired) electrons. The number of aromatic nitrogens is 2. The standard InChI is InChI=1S/C9H15N5.CH4O/c1-11-7-6-8(13-9(10)12-7)14-4-2-3-5-14;1-2/h6H,2-5H2,1H3,(H3,10,11,12,13);2H,1H3. The molecule has 1 aromatic heterocycles. The lowest BCUT2D eigenvalue weighted by molar-refractivity contribution is 0.399. The molecule has 0 spiro atoms. The summed E-state index contributed by atoms with van der Waals surface area (Å²) in [6.45, 7) is 2.14. The van der Waals surface area contributed by atoms with E-state index < -0.39 is 0 Å². The molecule has 90 valence electrons. The van der Waals surface area contributed by atoms with Crippen molar-refractivity contribution in [1.82, 2.24) is 9.97 Å². The Hall–Kier alpha value is -1.56. The van der Waals surface area contributed by atoms with Gasteiger partial charge < -0.3 is 21.1 Å². The average molecular weight is 225 g/mol. The van der Waals surface area contributed by atoms with E-state index in [4.69, 9.17) is 10.8 Å². The molecule has 2 rings (SSSR count). The van der Waals surface area contributed by atoms with Crippen LogP contribution in [0.25, 0.3) is 0 Å². The van der Waals surface area contributed by atoms with E-state index >= 15 is 0 Å². The van der Waals surface area contributed by atoms with E-state index in [1.54, 1.807) is 0 Å². The number of nitrogens with one attached hydrogen (secondary N) is 1. The summed E-state index contributed by atoms with van der Waals surface area (Å²) in [5.74, 6) is 2.04. The Labute approximate surface area is 95.5 Å². The van der Waals surface area contributed by atoms with Gasteiger partial charge in [-0.05, 0) is 12.8 Å². The fourth-order valence-electron chi connectivity index (χ4n) is 1.69. The van der Waals surface area contributed by atoms with E-state index in [0.717, 1.165) is 31.8 Å². The van der Waals surface area contributed by atoms with Gasteiger partial charge in [-0.2, -0.15) is 9.97 Å². The van der Waals surface area contributed by atoms with Crippen LogP contribution in [-0.4, -0.2) is 42.3 Å². The summed E-state index contributed by atoms with van der Waals surface area (Å²) in [4.78, 5) is 10.5. The fourth-order valence-corrected chi connectivity index (χ4v) is 1.69. The monoisotopic (exact) mass is 225 g/mol. The first-order valence-corrected chi connectivity index (χ1v) is 5.31. The molecule has 1 aliphatic rings. The Morgan fingerprint density at radius 3 is 2.50 bits per heavy atom. The molecule has 0 unspecified atom stereocenters. The third kappa shape index (κ3) is 2.96. The molecule has 2 heterocycles. The number of nitrogens with zero attached hydrogens (tertiary/aromatic N) is 3. The van der Waals surface area contributed by atoms with Crippen LogP contribution in [0.2, 0.25) is 0 Å². The minimum Gasteiger partial charge on any atom is -0.400 e. The van der Waals surface area contributed by atoms with Gasteiger partial charge >= 0.3 is 0 Å². The largest absolute Gasteiger partial charge is 0.400 e. The summed E-state index contributed by atoms with van der Waals surface area (Å²) in [7, 11) is 2.83. The number of aliphatic hydroxyl groups excluding tert-OH is 1. The summed E-state index contributed by atoms with van der Waals surface area (Å²) >= 11 is 0. The highest BCUT2D eigenvalue weighted by Crippen LogP contribution is 2.20. The van der Waals surface area contributed by atoms with Crippen LogP contribution in [0.3, 0.4) is 0 Å². The van der Waals surface area contributed by atoms with Gasteiger partial charge in [-0.15, -0.1) is 0 Å². The molecule has 16 heavy (non-hydrogen) atoms. The van der Waals surface area contributed by atoms with Gasteiger partial charge in [0.05, 0.1) is 0 Å². The zero-order valence-electron chi connectivity index (χ0n) is 9.77. The van der Waals surface area contributed by atoms with Crippen LogP contribution in [0.15, 0.2) is 6.07 Å². The van der Waals surface area contributed by atoms with Crippen LogP contribution in [0.1, 0.15) is 12.8 Å². The average Bonchev–Trinajstić information content (AvgIpc) is 2.84. The lowest BCUT2D eigenvalue weighted by atomic mass is 10.4. The second-order valence-corrected chi connectivity index (χ2v) is 3.41. The predicted octanol–water partition coefficient (Wildman–Crippen LogP) is 0.309. The predicted molar refractivity (Wildman–Crippen MR) is 65.6 cm³/mol. The number of nitrogens with two attached hydrogens (primary N) is 1. The molecule has 0 bridgehead atoms. The lowest BCUT2D eigenvalue weighted by Crippen LogP contribution is -2.20. The van der Waals surface area contributed by atoms with Crippen molar-refractivity contribution < 1.29 is 5.11 Å². The summed E-state index contributed by atoms with van der Waals surface area (Å²) in [6, 6.07) is 1.93. The van der Waals surface area contributed by atoms with E-state index in [0.29, 0.717) is 5.95 Å². The summed E-state index contributed by atoms with van der Waals surface area (Å²) in [5, 5.41) is 9.97. The highest BCUT2D eigenvalue weighted by atomic mass is 16.2. The van der Waals surface area contributed by atoms with Gasteiger partial charge in [0.15, 0.2) is 0 Å². The Balaban J connectivity index is 0.000000606. The SMILES string of the molecule is CNc1cc(N2CCCC2)nc(N)n1.CO. The van der Waals surface area contributed by atoms with Gasteiger partial charge in [0.1, 0.15) is 11.6 Å². The van der Waals surface area contributed by atoms with Gasteiger partial charge in [0.25, 0.3) is 0 Å². The second-order valence-electron chi connectivity index (χ2n) is 3.41. The first kappa shape index (κ1) is 12.5. The quantitative estimate of drug-likeness (QED) is 0.671. The van der Waals surface area contributed by atoms with E-state index in [1.807, 2.05) is 13.1 Å². The Kier molecular flexibility index (Phi) is 4.78. The highest BCUT2D eigenvalue weighted by Gasteiger charge is 2.14. The first-order valence-electron chi connectivity index (χ1n) is 5.31. The van der Waals surface area contributed by atoms with Crippen LogP contribution in [0.5, 0.6) is 0 Å². The Bertz CT molecular complexity index is 325. The van der Waals surface area contributed by atoms with Crippen LogP contribution < -0.4 is 16.0 Å². The minimum absolute atomic E-state index is 0.332.